The summed E-state index contributed by atoms with van der Waals surface area (Å²) in [5.41, 5.74) is 2.10. The summed E-state index contributed by atoms with van der Waals surface area (Å²) in [6.45, 7) is 0.364. The Morgan fingerprint density at radius 1 is 1.06 bits per heavy atom. The third-order valence-electron chi connectivity index (χ3n) is 6.46. The molecule has 0 bridgehead atoms. The van der Waals surface area contributed by atoms with Crippen molar-refractivity contribution in [1.82, 2.24) is 4.98 Å². The number of hydrogen-bond acceptors (Lipinski definition) is 5. The molecule has 3 aromatic rings. The molecule has 1 aromatic heterocycles. The molecule has 0 aliphatic carbocycles. The van der Waals surface area contributed by atoms with Crippen LogP contribution in [0.1, 0.15) is 5.56 Å². The number of fused-ring (bicyclic) bond motifs is 1. The van der Waals surface area contributed by atoms with E-state index in [4.69, 9.17) is 5.14 Å². The molecule has 2 aliphatic heterocycles. The molecule has 188 valence electrons. The van der Waals surface area contributed by atoms with E-state index in [0.717, 1.165) is 23.0 Å². The van der Waals surface area contributed by atoms with Crippen LogP contribution >= 0.6 is 0 Å². The van der Waals surface area contributed by atoms with Crippen molar-refractivity contribution in [2.24, 2.45) is 11.1 Å². The fourth-order valence-corrected chi connectivity index (χ4v) is 5.22. The van der Waals surface area contributed by atoms with E-state index in [1.807, 2.05) is 47.4 Å². The van der Waals surface area contributed by atoms with Gasteiger partial charge in [-0.3, -0.25) is 14.7 Å². The van der Waals surface area contributed by atoms with Crippen LogP contribution in [-0.4, -0.2) is 44.6 Å². The number of nitrogens with zero attached hydrogens (tertiary/aromatic N) is 3. The van der Waals surface area contributed by atoms with Crippen molar-refractivity contribution in [3.05, 3.63) is 72.2 Å². The van der Waals surface area contributed by atoms with Crippen molar-refractivity contribution in [2.75, 3.05) is 22.9 Å². The topological polar surface area (TPSA) is 96.6 Å². The molecule has 1 amide bonds. The Morgan fingerprint density at radius 2 is 1.75 bits per heavy atom. The average Bonchev–Trinajstić information content (AvgIpc) is 3.17. The Bertz CT molecular complexity index is 1420. The molecular formula is C24H20F4N4O3S. The monoisotopic (exact) mass is 520 g/mol. The standard InChI is InChI=1S/C24H20F4N4O3S/c25-18-9-15-10-22(24(26,27)28)32(20(15)11-21(18)36(29,34)35)23(33)16-12-31(13-16)17-6-4-14(5-7-17)19-3-1-2-8-30-19/h1-9,11,16,22H,10,12-13H2,(H2,29,34,35)/t22-/m1/s1. The summed E-state index contributed by atoms with van der Waals surface area (Å²) >= 11 is 0. The molecule has 0 radical (unpaired) electrons. The SMILES string of the molecule is NS(=O)(=O)c1cc2c(cc1F)C[C@H](C(F)(F)F)N2C(=O)C1CN(c2ccc(-c3ccccn3)cc2)C1. The van der Waals surface area contributed by atoms with E-state index in [2.05, 4.69) is 4.98 Å². The molecule has 12 heteroatoms. The number of amides is 1. The lowest BCUT2D eigenvalue weighted by molar-refractivity contribution is -0.153. The highest BCUT2D eigenvalue weighted by molar-refractivity contribution is 7.89. The van der Waals surface area contributed by atoms with Crippen LogP contribution in [0.5, 0.6) is 0 Å². The Balaban J connectivity index is 1.37. The third-order valence-corrected chi connectivity index (χ3v) is 7.39. The predicted molar refractivity (Wildman–Crippen MR) is 124 cm³/mol. The zero-order valence-electron chi connectivity index (χ0n) is 18.6. The molecular weight excluding hydrogens is 500 g/mol. The number of carbonyl (C=O) groups is 1. The van der Waals surface area contributed by atoms with Gasteiger partial charge in [0.1, 0.15) is 16.8 Å². The molecule has 1 saturated heterocycles. The molecule has 3 heterocycles. The molecule has 2 aromatic carbocycles. The van der Waals surface area contributed by atoms with Gasteiger partial charge in [0.2, 0.25) is 15.9 Å². The van der Waals surface area contributed by atoms with Crippen molar-refractivity contribution in [2.45, 2.75) is 23.5 Å². The van der Waals surface area contributed by atoms with Gasteiger partial charge in [0, 0.05) is 42.6 Å². The minimum Gasteiger partial charge on any atom is -0.370 e. The molecule has 36 heavy (non-hydrogen) atoms. The summed E-state index contributed by atoms with van der Waals surface area (Å²) in [6, 6.07) is 12.2. The highest BCUT2D eigenvalue weighted by atomic mass is 32.2. The number of hydrogen-bond donors (Lipinski definition) is 1. The van der Waals surface area contributed by atoms with Crippen LogP contribution in [0, 0.1) is 11.7 Å². The van der Waals surface area contributed by atoms with E-state index in [0.29, 0.717) is 11.0 Å². The van der Waals surface area contributed by atoms with Crippen LogP contribution in [0.3, 0.4) is 0 Å². The highest BCUT2D eigenvalue weighted by Crippen LogP contribution is 2.43. The summed E-state index contributed by atoms with van der Waals surface area (Å²) < 4.78 is 79.2. The lowest BCUT2D eigenvalue weighted by Crippen LogP contribution is -2.58. The van der Waals surface area contributed by atoms with Gasteiger partial charge in [-0.15, -0.1) is 0 Å². The maximum absolute atomic E-state index is 14.2. The average molecular weight is 521 g/mol. The Hall–Kier alpha value is -3.51. The molecule has 2 aliphatic rings. The maximum atomic E-state index is 14.2. The molecule has 0 spiro atoms. The summed E-state index contributed by atoms with van der Waals surface area (Å²) in [4.78, 5) is 19.0. The number of benzene rings is 2. The number of anilines is 2. The van der Waals surface area contributed by atoms with Gasteiger partial charge in [-0.1, -0.05) is 18.2 Å². The van der Waals surface area contributed by atoms with Crippen LogP contribution in [0.4, 0.5) is 28.9 Å². The lowest BCUT2D eigenvalue weighted by Gasteiger charge is -2.42. The van der Waals surface area contributed by atoms with E-state index in [-0.39, 0.29) is 24.3 Å². The number of halogens is 4. The number of carbonyl (C=O) groups excluding carboxylic acids is 1. The van der Waals surface area contributed by atoms with Gasteiger partial charge in [0.15, 0.2) is 0 Å². The van der Waals surface area contributed by atoms with Crippen LogP contribution in [0.2, 0.25) is 0 Å². The van der Waals surface area contributed by atoms with Gasteiger partial charge < -0.3 is 4.90 Å². The fraction of sp³-hybridized carbons (Fsp3) is 0.250. The first kappa shape index (κ1) is 24.2. The van der Waals surface area contributed by atoms with Crippen molar-refractivity contribution in [3.63, 3.8) is 0 Å². The van der Waals surface area contributed by atoms with Gasteiger partial charge in [-0.2, -0.15) is 13.2 Å². The molecule has 0 saturated carbocycles. The second-order valence-electron chi connectivity index (χ2n) is 8.79. The zero-order valence-corrected chi connectivity index (χ0v) is 19.4. The molecule has 7 nitrogen and oxygen atoms in total. The fourth-order valence-electron chi connectivity index (χ4n) is 4.61. The first-order valence-corrected chi connectivity index (χ1v) is 12.5. The molecule has 1 atom stereocenters. The lowest BCUT2D eigenvalue weighted by atomic mass is 9.96. The Labute approximate surface area is 204 Å². The summed E-state index contributed by atoms with van der Waals surface area (Å²) in [7, 11) is -4.54. The number of aromatic nitrogens is 1. The molecule has 5 rings (SSSR count). The summed E-state index contributed by atoms with van der Waals surface area (Å²) in [5, 5.41) is 5.02. The molecule has 2 N–H and O–H groups in total. The second-order valence-corrected chi connectivity index (χ2v) is 10.3. The van der Waals surface area contributed by atoms with Crippen LogP contribution in [0.25, 0.3) is 11.3 Å². The number of rotatable bonds is 4. The maximum Gasteiger partial charge on any atom is 0.409 e. The largest absolute Gasteiger partial charge is 0.409 e. The normalized spacial score (nSPS) is 18.2. The van der Waals surface area contributed by atoms with Crippen molar-refractivity contribution < 1.29 is 30.8 Å². The van der Waals surface area contributed by atoms with Crippen LogP contribution in [0.15, 0.2) is 65.7 Å². The quantitative estimate of drug-likeness (QED) is 0.532. The van der Waals surface area contributed by atoms with Crippen molar-refractivity contribution >= 4 is 27.3 Å². The van der Waals surface area contributed by atoms with Crippen molar-refractivity contribution in [3.8, 4) is 11.3 Å². The number of nitrogens with two attached hydrogens (primary N) is 1. The molecule has 1 fully saturated rings. The Morgan fingerprint density at radius 3 is 2.33 bits per heavy atom. The molecule has 0 unspecified atom stereocenters. The van der Waals surface area contributed by atoms with Gasteiger partial charge in [-0.25, -0.2) is 17.9 Å². The minimum atomic E-state index is -4.79. The van der Waals surface area contributed by atoms with E-state index in [1.165, 1.54) is 0 Å². The van der Waals surface area contributed by atoms with E-state index in [1.54, 1.807) is 6.20 Å². The predicted octanol–water partition coefficient (Wildman–Crippen LogP) is 3.49. The number of alkyl halides is 3. The second kappa shape index (κ2) is 8.56. The first-order chi connectivity index (χ1) is 16.9. The van der Waals surface area contributed by atoms with Gasteiger partial charge >= 0.3 is 6.18 Å². The van der Waals surface area contributed by atoms with Crippen LogP contribution < -0.4 is 14.9 Å². The van der Waals surface area contributed by atoms with E-state index < -0.39 is 51.2 Å². The smallest absolute Gasteiger partial charge is 0.370 e. The summed E-state index contributed by atoms with van der Waals surface area (Å²) in [6.07, 6.45) is -3.78. The van der Waals surface area contributed by atoms with E-state index >= 15 is 0 Å². The van der Waals surface area contributed by atoms with Gasteiger partial charge in [-0.05, 0) is 42.0 Å². The third kappa shape index (κ3) is 4.30. The summed E-state index contributed by atoms with van der Waals surface area (Å²) in [5.74, 6) is -2.81. The van der Waals surface area contributed by atoms with E-state index in [9.17, 15) is 30.8 Å². The van der Waals surface area contributed by atoms with Crippen LogP contribution in [-0.2, 0) is 21.2 Å². The first-order valence-electron chi connectivity index (χ1n) is 10.9. The highest BCUT2D eigenvalue weighted by Gasteiger charge is 2.52. The van der Waals surface area contributed by atoms with Gasteiger partial charge in [0.05, 0.1) is 11.6 Å². The number of primary sulfonamides is 1. The van der Waals surface area contributed by atoms with Gasteiger partial charge in [0.25, 0.3) is 0 Å². The zero-order chi connectivity index (χ0) is 25.8. The van der Waals surface area contributed by atoms with Crippen molar-refractivity contribution in [1.29, 1.82) is 0 Å². The number of pyridine rings is 1. The Kier molecular flexibility index (Phi) is 5.75. The minimum absolute atomic E-state index is 0.100. The number of sulfonamides is 1.